The van der Waals surface area contributed by atoms with Crippen molar-refractivity contribution >= 4 is 5.97 Å². The van der Waals surface area contributed by atoms with Gasteiger partial charge in [0.15, 0.2) is 0 Å². The summed E-state index contributed by atoms with van der Waals surface area (Å²) in [5.41, 5.74) is 4.73. The maximum Gasteiger partial charge on any atom is 0.303 e. The first-order valence-electron chi connectivity index (χ1n) is 14.6. The third-order valence-corrected chi connectivity index (χ3v) is 8.11. The predicted molar refractivity (Wildman–Crippen MR) is 161 cm³/mol. The second-order valence-corrected chi connectivity index (χ2v) is 11.1. The molecule has 0 aromatic heterocycles. The summed E-state index contributed by atoms with van der Waals surface area (Å²) in [6.07, 6.45) is 5.43. The molecule has 1 saturated carbocycles. The van der Waals surface area contributed by atoms with Crippen LogP contribution in [0.25, 0.3) is 11.1 Å². The molecule has 0 amide bonds. The van der Waals surface area contributed by atoms with Crippen molar-refractivity contribution in [3.8, 4) is 22.6 Å². The Bertz CT molecular complexity index is 1270. The van der Waals surface area contributed by atoms with Crippen molar-refractivity contribution in [2.24, 2.45) is 5.41 Å². The predicted octanol–water partition coefficient (Wildman–Crippen LogP) is 9.76. The Morgan fingerprint density at radius 3 is 2.48 bits per heavy atom. The molecule has 1 aliphatic rings. The molecule has 40 heavy (non-hydrogen) atoms. The van der Waals surface area contributed by atoms with E-state index in [4.69, 9.17) is 9.47 Å². The fourth-order valence-electron chi connectivity index (χ4n) is 5.88. The molecule has 216 valence electrons. The number of carboxylic acids is 1. The maximum absolute atomic E-state index is 15.1. The Kier molecular flexibility index (Phi) is 11.2. The second-order valence-electron chi connectivity index (χ2n) is 11.1. The van der Waals surface area contributed by atoms with Gasteiger partial charge in [-0.3, -0.25) is 4.79 Å². The van der Waals surface area contributed by atoms with Gasteiger partial charge in [-0.05, 0) is 89.1 Å². The molecule has 4 nitrogen and oxygen atoms in total. The SMILES string of the molecule is CC.CCC(CC(=O)O)c1cccc(OCc2ccc(-c3cc(OC)ccc3F)c(C3CCCCC3(C)C)c2)c1. The van der Waals surface area contributed by atoms with E-state index in [2.05, 4.69) is 19.9 Å². The molecule has 5 heteroatoms. The van der Waals surface area contributed by atoms with E-state index in [0.717, 1.165) is 47.9 Å². The van der Waals surface area contributed by atoms with E-state index in [9.17, 15) is 9.90 Å². The molecule has 2 atom stereocenters. The Balaban J connectivity index is 0.00000216. The van der Waals surface area contributed by atoms with E-state index in [1.54, 1.807) is 19.2 Å². The largest absolute Gasteiger partial charge is 0.497 e. The van der Waals surface area contributed by atoms with Gasteiger partial charge in [0.25, 0.3) is 0 Å². The highest BCUT2D eigenvalue weighted by Gasteiger charge is 2.35. The minimum atomic E-state index is -0.797. The van der Waals surface area contributed by atoms with E-state index < -0.39 is 5.97 Å². The lowest BCUT2D eigenvalue weighted by Crippen LogP contribution is -2.26. The Labute approximate surface area is 239 Å². The average molecular weight is 549 g/mol. The molecule has 3 aromatic carbocycles. The van der Waals surface area contributed by atoms with Gasteiger partial charge in [0.2, 0.25) is 0 Å². The molecule has 0 aliphatic heterocycles. The molecule has 0 heterocycles. The number of carbonyl (C=O) groups is 1. The van der Waals surface area contributed by atoms with Crippen LogP contribution in [0.3, 0.4) is 0 Å². The van der Waals surface area contributed by atoms with Crippen LogP contribution in [0.4, 0.5) is 4.39 Å². The van der Waals surface area contributed by atoms with Crippen molar-refractivity contribution in [3.05, 3.63) is 83.2 Å². The maximum atomic E-state index is 15.1. The summed E-state index contributed by atoms with van der Waals surface area (Å²) in [5, 5.41) is 9.26. The van der Waals surface area contributed by atoms with Gasteiger partial charge in [0.05, 0.1) is 13.5 Å². The number of carboxylic acid groups (broad SMARTS) is 1. The Morgan fingerprint density at radius 2 is 1.80 bits per heavy atom. The van der Waals surface area contributed by atoms with Crippen molar-refractivity contribution in [1.29, 1.82) is 0 Å². The highest BCUT2D eigenvalue weighted by Crippen LogP contribution is 2.49. The molecular weight excluding hydrogens is 503 g/mol. The van der Waals surface area contributed by atoms with E-state index in [1.165, 1.54) is 12.5 Å². The second kappa shape index (κ2) is 14.3. The van der Waals surface area contributed by atoms with Crippen LogP contribution in [-0.4, -0.2) is 18.2 Å². The molecule has 3 aromatic rings. The van der Waals surface area contributed by atoms with Gasteiger partial charge in [0.1, 0.15) is 23.9 Å². The molecule has 1 aliphatic carbocycles. The first kappa shape index (κ1) is 31.2. The Morgan fingerprint density at radius 1 is 1.02 bits per heavy atom. The number of rotatable bonds is 10. The zero-order valence-corrected chi connectivity index (χ0v) is 24.9. The summed E-state index contributed by atoms with van der Waals surface area (Å²) in [6, 6.07) is 18.9. The molecule has 4 rings (SSSR count). The molecule has 0 spiro atoms. The number of hydrogen-bond donors (Lipinski definition) is 1. The van der Waals surface area contributed by atoms with Crippen molar-refractivity contribution in [3.63, 3.8) is 0 Å². The number of methoxy groups -OCH3 is 1. The Hall–Kier alpha value is -3.34. The van der Waals surface area contributed by atoms with Crippen molar-refractivity contribution in [2.75, 3.05) is 7.11 Å². The van der Waals surface area contributed by atoms with Gasteiger partial charge >= 0.3 is 5.97 Å². The van der Waals surface area contributed by atoms with Crippen LogP contribution in [-0.2, 0) is 11.4 Å². The monoisotopic (exact) mass is 548 g/mol. The normalized spacial score (nSPS) is 16.8. The molecular formula is C35H45FO4. The number of hydrogen-bond acceptors (Lipinski definition) is 3. The minimum Gasteiger partial charge on any atom is -0.497 e. The van der Waals surface area contributed by atoms with Gasteiger partial charge in [0, 0.05) is 5.56 Å². The van der Waals surface area contributed by atoms with E-state index in [-0.39, 0.29) is 23.6 Å². The minimum absolute atomic E-state index is 0.0479. The summed E-state index contributed by atoms with van der Waals surface area (Å²) < 4.78 is 26.7. The lowest BCUT2D eigenvalue weighted by atomic mass is 9.65. The van der Waals surface area contributed by atoms with Crippen LogP contribution in [0.15, 0.2) is 60.7 Å². The summed E-state index contributed by atoms with van der Waals surface area (Å²) in [5.74, 6) is 0.557. The van der Waals surface area contributed by atoms with Crippen LogP contribution in [0, 0.1) is 11.2 Å². The molecule has 2 unspecified atom stereocenters. The van der Waals surface area contributed by atoms with Crippen LogP contribution < -0.4 is 9.47 Å². The van der Waals surface area contributed by atoms with E-state index >= 15 is 4.39 Å². The van der Waals surface area contributed by atoms with Gasteiger partial charge < -0.3 is 14.6 Å². The quantitative estimate of drug-likeness (QED) is 0.274. The van der Waals surface area contributed by atoms with Gasteiger partial charge in [-0.25, -0.2) is 4.39 Å². The summed E-state index contributed by atoms with van der Waals surface area (Å²) in [7, 11) is 1.60. The third-order valence-electron chi connectivity index (χ3n) is 8.11. The van der Waals surface area contributed by atoms with Crippen LogP contribution in [0.5, 0.6) is 11.5 Å². The first-order valence-corrected chi connectivity index (χ1v) is 14.6. The van der Waals surface area contributed by atoms with Crippen molar-refractivity contribution < 1.29 is 23.8 Å². The van der Waals surface area contributed by atoms with E-state index in [1.807, 2.05) is 57.2 Å². The van der Waals surface area contributed by atoms with Gasteiger partial charge in [-0.2, -0.15) is 0 Å². The highest BCUT2D eigenvalue weighted by atomic mass is 19.1. The zero-order valence-electron chi connectivity index (χ0n) is 24.9. The van der Waals surface area contributed by atoms with Crippen molar-refractivity contribution in [2.45, 2.75) is 91.6 Å². The summed E-state index contributed by atoms with van der Waals surface area (Å²) in [6.45, 7) is 11.0. The molecule has 0 radical (unpaired) electrons. The van der Waals surface area contributed by atoms with Crippen LogP contribution in [0.1, 0.15) is 102 Å². The number of ether oxygens (including phenoxy) is 2. The smallest absolute Gasteiger partial charge is 0.303 e. The zero-order chi connectivity index (χ0) is 29.3. The lowest BCUT2D eigenvalue weighted by Gasteiger charge is -2.40. The molecule has 1 fully saturated rings. The number of benzene rings is 3. The first-order chi connectivity index (χ1) is 19.2. The number of aliphatic carboxylic acids is 1. The van der Waals surface area contributed by atoms with Gasteiger partial charge in [-0.15, -0.1) is 0 Å². The average Bonchev–Trinajstić information content (AvgIpc) is 2.96. The van der Waals surface area contributed by atoms with Gasteiger partial charge in [-0.1, -0.05) is 77.8 Å². The van der Waals surface area contributed by atoms with Crippen LogP contribution >= 0.6 is 0 Å². The topological polar surface area (TPSA) is 55.8 Å². The fraction of sp³-hybridized carbons (Fsp3) is 0.457. The fourth-order valence-corrected chi connectivity index (χ4v) is 5.88. The number of halogens is 1. The molecule has 1 N–H and O–H groups in total. The summed E-state index contributed by atoms with van der Waals surface area (Å²) >= 11 is 0. The van der Waals surface area contributed by atoms with E-state index in [0.29, 0.717) is 29.6 Å². The molecule has 0 bridgehead atoms. The summed E-state index contributed by atoms with van der Waals surface area (Å²) in [4.78, 5) is 11.3. The van der Waals surface area contributed by atoms with Crippen molar-refractivity contribution in [1.82, 2.24) is 0 Å². The highest BCUT2D eigenvalue weighted by molar-refractivity contribution is 5.71. The molecule has 0 saturated heterocycles. The van der Waals surface area contributed by atoms with Crippen LogP contribution in [0.2, 0.25) is 0 Å². The standard InChI is InChI=1S/C33H39FO4.C2H6/c1-5-23(19-32(35)36)24-9-8-10-26(18-24)38-21-22-12-14-27(29-20-25(37-4)13-15-31(29)34)28(17-22)30-11-6-7-16-33(30,2)3;1-2/h8-10,12-15,17-18,20,23,30H,5-7,11,16,19,21H2,1-4H3,(H,35,36);1-2H3. The third kappa shape index (κ3) is 7.65. The lowest BCUT2D eigenvalue weighted by molar-refractivity contribution is -0.137.